The van der Waals surface area contributed by atoms with E-state index < -0.39 is 0 Å². The molecule has 2 unspecified atom stereocenters. The summed E-state index contributed by atoms with van der Waals surface area (Å²) in [6.07, 6.45) is 14.3. The van der Waals surface area contributed by atoms with Crippen LogP contribution in [0, 0.1) is 35.5 Å². The predicted octanol–water partition coefficient (Wildman–Crippen LogP) is 3.78. The molecule has 35 heavy (non-hydrogen) atoms. The van der Waals surface area contributed by atoms with Gasteiger partial charge in [-0.2, -0.15) is 10.4 Å². The van der Waals surface area contributed by atoms with Crippen LogP contribution < -0.4 is 15.4 Å². The van der Waals surface area contributed by atoms with Gasteiger partial charge in [0.05, 0.1) is 30.1 Å². The van der Waals surface area contributed by atoms with Crippen molar-refractivity contribution in [2.45, 2.75) is 51.1 Å². The molecule has 2 atom stereocenters. The van der Waals surface area contributed by atoms with Gasteiger partial charge in [-0.05, 0) is 68.6 Å². The molecule has 3 aliphatic carbocycles. The summed E-state index contributed by atoms with van der Waals surface area (Å²) in [7, 11) is 0. The van der Waals surface area contributed by atoms with E-state index in [0.29, 0.717) is 35.8 Å². The van der Waals surface area contributed by atoms with Crippen molar-refractivity contribution < 1.29 is 9.53 Å². The van der Waals surface area contributed by atoms with Crippen LogP contribution in [-0.2, 0) is 4.79 Å². The number of fused-ring (bicyclic) bond motifs is 3. The van der Waals surface area contributed by atoms with Crippen LogP contribution in [0.5, 0.6) is 5.75 Å². The molecule has 3 heterocycles. The molecule has 3 aliphatic rings. The highest BCUT2D eigenvalue weighted by molar-refractivity contribution is 5.93. The summed E-state index contributed by atoms with van der Waals surface area (Å²) in [6.45, 7) is 4.58. The number of amides is 1. The van der Waals surface area contributed by atoms with Gasteiger partial charge in [-0.25, -0.2) is 9.50 Å². The molecule has 0 spiro atoms. The molecule has 8 nitrogen and oxygen atoms in total. The number of carbonyl (C=O) groups excluding carboxylic acids is 1. The van der Waals surface area contributed by atoms with Gasteiger partial charge in [-0.15, -0.1) is 6.42 Å². The molecule has 0 radical (unpaired) electrons. The fourth-order valence-electron chi connectivity index (χ4n) is 5.82. The van der Waals surface area contributed by atoms with Gasteiger partial charge in [0.25, 0.3) is 5.91 Å². The molecule has 3 saturated carbocycles. The number of carbonyl (C=O) groups is 1. The number of aromatic nitrogens is 3. The molecular weight excluding hydrogens is 440 g/mol. The van der Waals surface area contributed by atoms with Crippen molar-refractivity contribution in [3.63, 3.8) is 0 Å². The Hall–Kier alpha value is -4.04. The standard InChI is InChI=1S/C27H28N6O2/c1-4-24(34)32-27(5-2)11-18-9-19(12-27)25(18)31-23-8-7-17(14-29-23)22-10-21(35-6-3)16-33-26(22)20(13-28)15-30-33/h1,7-8,10,14-16,18-19,25H,5-6,9,11-12H2,2-3H3,(H,29,31)(H,32,34). The predicted molar refractivity (Wildman–Crippen MR) is 133 cm³/mol. The molecule has 3 aromatic rings. The third kappa shape index (κ3) is 4.06. The van der Waals surface area contributed by atoms with E-state index in [-0.39, 0.29) is 11.4 Å². The topological polar surface area (TPSA) is 104 Å². The highest BCUT2D eigenvalue weighted by Gasteiger charge is 2.53. The molecule has 178 valence electrons. The fraction of sp³-hybridized carbons (Fsp3) is 0.407. The third-order valence-electron chi connectivity index (χ3n) is 7.52. The lowest BCUT2D eigenvalue weighted by Crippen LogP contribution is -2.63. The lowest BCUT2D eigenvalue weighted by atomic mass is 9.54. The van der Waals surface area contributed by atoms with Gasteiger partial charge in [0.15, 0.2) is 0 Å². The first-order valence-corrected chi connectivity index (χ1v) is 12.0. The molecule has 3 fully saturated rings. The van der Waals surface area contributed by atoms with E-state index in [4.69, 9.17) is 11.2 Å². The molecular formula is C27H28N6O2. The molecule has 0 saturated heterocycles. The zero-order valence-electron chi connectivity index (χ0n) is 19.9. The largest absolute Gasteiger partial charge is 0.492 e. The Balaban J connectivity index is 1.35. The van der Waals surface area contributed by atoms with Crippen molar-refractivity contribution >= 4 is 17.2 Å². The van der Waals surface area contributed by atoms with E-state index in [1.54, 1.807) is 16.9 Å². The second-order valence-corrected chi connectivity index (χ2v) is 9.48. The highest BCUT2D eigenvalue weighted by Crippen LogP contribution is 2.52. The Morgan fingerprint density at radius 3 is 2.74 bits per heavy atom. The van der Waals surface area contributed by atoms with Crippen molar-refractivity contribution in [2.75, 3.05) is 11.9 Å². The van der Waals surface area contributed by atoms with Crippen molar-refractivity contribution in [3.8, 4) is 35.3 Å². The minimum absolute atomic E-state index is 0.201. The van der Waals surface area contributed by atoms with Gasteiger partial charge in [0, 0.05) is 28.9 Å². The van der Waals surface area contributed by atoms with Gasteiger partial charge < -0.3 is 15.4 Å². The first kappa shape index (κ1) is 22.7. The number of hydrogen-bond acceptors (Lipinski definition) is 6. The van der Waals surface area contributed by atoms with Crippen molar-refractivity contribution in [1.29, 1.82) is 5.26 Å². The Labute approximate surface area is 204 Å². The maximum absolute atomic E-state index is 11.8. The summed E-state index contributed by atoms with van der Waals surface area (Å²) in [4.78, 5) is 16.5. The van der Waals surface area contributed by atoms with Crippen LogP contribution >= 0.6 is 0 Å². The normalized spacial score (nSPS) is 24.6. The number of terminal acetylenes is 1. The number of nitrogens with one attached hydrogen (secondary N) is 2. The molecule has 1 amide bonds. The highest BCUT2D eigenvalue weighted by atomic mass is 16.5. The van der Waals surface area contributed by atoms with Crippen LogP contribution in [0.4, 0.5) is 5.82 Å². The number of ether oxygens (including phenoxy) is 1. The summed E-state index contributed by atoms with van der Waals surface area (Å²) in [5.74, 6) is 4.31. The minimum Gasteiger partial charge on any atom is -0.492 e. The van der Waals surface area contributed by atoms with Gasteiger partial charge in [0.1, 0.15) is 17.6 Å². The maximum atomic E-state index is 11.8. The van der Waals surface area contributed by atoms with E-state index in [9.17, 15) is 10.1 Å². The zero-order valence-corrected chi connectivity index (χ0v) is 19.9. The van der Waals surface area contributed by atoms with E-state index in [0.717, 1.165) is 48.1 Å². The Morgan fingerprint density at radius 1 is 1.31 bits per heavy atom. The number of pyridine rings is 2. The minimum atomic E-state index is -0.324. The average molecular weight is 469 g/mol. The van der Waals surface area contributed by atoms with E-state index in [1.807, 2.05) is 31.3 Å². The Morgan fingerprint density at radius 2 is 2.11 bits per heavy atom. The summed E-state index contributed by atoms with van der Waals surface area (Å²) < 4.78 is 7.38. The number of rotatable bonds is 7. The molecule has 0 aromatic carbocycles. The van der Waals surface area contributed by atoms with Crippen LogP contribution in [-0.4, -0.2) is 38.7 Å². The monoisotopic (exact) mass is 468 g/mol. The number of nitrogens with zero attached hydrogens (tertiary/aromatic N) is 4. The Kier molecular flexibility index (Phi) is 5.82. The van der Waals surface area contributed by atoms with Crippen LogP contribution in [0.2, 0.25) is 0 Å². The first-order chi connectivity index (χ1) is 17.0. The Bertz CT molecular complexity index is 1330. The maximum Gasteiger partial charge on any atom is 0.296 e. The van der Waals surface area contributed by atoms with E-state index in [1.165, 1.54) is 0 Å². The smallest absolute Gasteiger partial charge is 0.296 e. The van der Waals surface area contributed by atoms with Gasteiger partial charge in [-0.1, -0.05) is 6.92 Å². The number of anilines is 1. The van der Waals surface area contributed by atoms with E-state index in [2.05, 4.69) is 39.6 Å². The molecule has 6 rings (SSSR count). The fourth-order valence-corrected chi connectivity index (χ4v) is 5.82. The van der Waals surface area contributed by atoms with Crippen LogP contribution in [0.25, 0.3) is 16.6 Å². The molecule has 2 N–H and O–H groups in total. The van der Waals surface area contributed by atoms with Gasteiger partial charge in [-0.3, -0.25) is 4.79 Å². The van der Waals surface area contributed by atoms with Crippen LogP contribution in [0.1, 0.15) is 45.1 Å². The number of nitriles is 1. The van der Waals surface area contributed by atoms with Crippen LogP contribution in [0.15, 0.2) is 36.8 Å². The second kappa shape index (κ2) is 8.96. The summed E-state index contributed by atoms with van der Waals surface area (Å²) in [6, 6.07) is 8.47. The molecule has 3 aromatic heterocycles. The summed E-state index contributed by atoms with van der Waals surface area (Å²) >= 11 is 0. The lowest BCUT2D eigenvalue weighted by molar-refractivity contribution is -0.119. The first-order valence-electron chi connectivity index (χ1n) is 12.0. The van der Waals surface area contributed by atoms with Crippen LogP contribution in [0.3, 0.4) is 0 Å². The van der Waals surface area contributed by atoms with Gasteiger partial charge >= 0.3 is 0 Å². The third-order valence-corrected chi connectivity index (χ3v) is 7.52. The van der Waals surface area contributed by atoms with Crippen molar-refractivity contribution in [1.82, 2.24) is 19.9 Å². The summed E-state index contributed by atoms with van der Waals surface area (Å²) in [5.41, 5.74) is 2.77. The van der Waals surface area contributed by atoms with Crippen molar-refractivity contribution in [3.05, 3.63) is 42.4 Å². The second-order valence-electron chi connectivity index (χ2n) is 9.48. The quantitative estimate of drug-likeness (QED) is 0.512. The summed E-state index contributed by atoms with van der Waals surface area (Å²) in [5, 5.41) is 20.6. The lowest BCUT2D eigenvalue weighted by Gasteiger charge is -2.57. The zero-order chi connectivity index (χ0) is 24.6. The van der Waals surface area contributed by atoms with Crippen molar-refractivity contribution in [2.24, 2.45) is 11.8 Å². The number of hydrogen-bond donors (Lipinski definition) is 2. The molecule has 2 bridgehead atoms. The van der Waals surface area contributed by atoms with E-state index >= 15 is 0 Å². The molecule has 0 aliphatic heterocycles. The average Bonchev–Trinajstić information content (AvgIpc) is 3.30. The van der Waals surface area contributed by atoms with Gasteiger partial charge in [0.2, 0.25) is 0 Å². The molecule has 8 heteroatoms. The SMILES string of the molecule is C#CC(=O)NC1(CC)CC2CC(C1)C2Nc1ccc(-c2cc(OCC)cn3ncc(C#N)c23)cn1.